The zero-order chi connectivity index (χ0) is 11.7. The smallest absolute Gasteiger partial charge is 0.137 e. The van der Waals surface area contributed by atoms with E-state index in [0.717, 1.165) is 17.1 Å². The summed E-state index contributed by atoms with van der Waals surface area (Å²) in [5, 5.41) is 0. The molecule has 0 spiro atoms. The highest BCUT2D eigenvalue weighted by atomic mass is 14.9. The number of nitrogens with zero attached hydrogens (tertiary/aromatic N) is 1. The van der Waals surface area contributed by atoms with Gasteiger partial charge in [0.15, 0.2) is 0 Å². The Bertz CT molecular complexity index is 343. The standard InChI is InChI=1S/C11H14N2.C2H6/c1-4-6-7-10(5-2)11-12-8-9(3)13-11;1-2/h4-8H,1H2,2-3H3,(H,12,13);1-2H3/b7-6-,10-5+;. The van der Waals surface area contributed by atoms with Gasteiger partial charge in [-0.15, -0.1) is 0 Å². The molecule has 1 rings (SSSR count). The summed E-state index contributed by atoms with van der Waals surface area (Å²) in [6.45, 7) is 11.6. The fourth-order valence-electron chi connectivity index (χ4n) is 1.04. The summed E-state index contributed by atoms with van der Waals surface area (Å²) in [5.74, 6) is 0.901. The van der Waals surface area contributed by atoms with Gasteiger partial charge in [-0.05, 0) is 13.8 Å². The first-order valence-corrected chi connectivity index (χ1v) is 5.25. The number of aryl methyl sites for hydroxylation is 1. The van der Waals surface area contributed by atoms with Crippen molar-refractivity contribution in [2.24, 2.45) is 0 Å². The summed E-state index contributed by atoms with van der Waals surface area (Å²) in [6.07, 6.45) is 9.45. The number of hydrogen-bond acceptors (Lipinski definition) is 1. The zero-order valence-corrected chi connectivity index (χ0v) is 10.0. The maximum atomic E-state index is 4.23. The number of aromatic amines is 1. The van der Waals surface area contributed by atoms with E-state index in [0.29, 0.717) is 0 Å². The molecule has 0 amide bonds. The predicted molar refractivity (Wildman–Crippen MR) is 67.7 cm³/mol. The molecule has 1 aromatic rings. The summed E-state index contributed by atoms with van der Waals surface area (Å²) in [4.78, 5) is 7.40. The van der Waals surface area contributed by atoms with Crippen LogP contribution in [-0.4, -0.2) is 9.97 Å². The molecule has 0 radical (unpaired) electrons. The second-order valence-corrected chi connectivity index (χ2v) is 2.75. The minimum absolute atomic E-state index is 0.901. The Kier molecular flexibility index (Phi) is 6.98. The van der Waals surface area contributed by atoms with Gasteiger partial charge < -0.3 is 4.98 Å². The summed E-state index contributed by atoms with van der Waals surface area (Å²) in [5.41, 5.74) is 2.15. The average Bonchev–Trinajstić information content (AvgIpc) is 2.69. The van der Waals surface area contributed by atoms with Crippen molar-refractivity contribution >= 4 is 5.57 Å². The van der Waals surface area contributed by atoms with Crippen LogP contribution in [0.4, 0.5) is 0 Å². The largest absolute Gasteiger partial charge is 0.342 e. The van der Waals surface area contributed by atoms with Crippen LogP contribution in [0.5, 0.6) is 0 Å². The van der Waals surface area contributed by atoms with Crippen molar-refractivity contribution in [2.45, 2.75) is 27.7 Å². The second kappa shape index (κ2) is 7.80. The quantitative estimate of drug-likeness (QED) is 0.743. The third kappa shape index (κ3) is 4.45. The van der Waals surface area contributed by atoms with Gasteiger partial charge in [0.2, 0.25) is 0 Å². The van der Waals surface area contributed by atoms with E-state index in [2.05, 4.69) is 16.5 Å². The van der Waals surface area contributed by atoms with E-state index in [1.165, 1.54) is 0 Å². The predicted octanol–water partition coefficient (Wildman–Crippen LogP) is 3.89. The fraction of sp³-hybridized carbons (Fsp3) is 0.308. The normalized spacial score (nSPS) is 11.1. The highest BCUT2D eigenvalue weighted by Gasteiger charge is 1.99. The number of imidazole rings is 1. The highest BCUT2D eigenvalue weighted by Crippen LogP contribution is 2.11. The fourth-order valence-corrected chi connectivity index (χ4v) is 1.04. The van der Waals surface area contributed by atoms with Crippen LogP contribution >= 0.6 is 0 Å². The first-order valence-electron chi connectivity index (χ1n) is 5.25. The Balaban J connectivity index is 0.000000921. The van der Waals surface area contributed by atoms with Crippen molar-refractivity contribution in [3.8, 4) is 0 Å². The first-order chi connectivity index (χ1) is 7.27. The number of H-pyrrole nitrogens is 1. The van der Waals surface area contributed by atoms with E-state index in [1.807, 2.05) is 52.1 Å². The lowest BCUT2D eigenvalue weighted by atomic mass is 10.2. The van der Waals surface area contributed by atoms with Crippen molar-refractivity contribution in [2.75, 3.05) is 0 Å². The maximum absolute atomic E-state index is 4.23. The monoisotopic (exact) mass is 204 g/mol. The molecular weight excluding hydrogens is 184 g/mol. The van der Waals surface area contributed by atoms with Crippen LogP contribution in [0.3, 0.4) is 0 Å². The van der Waals surface area contributed by atoms with Crippen LogP contribution < -0.4 is 0 Å². The third-order valence-corrected chi connectivity index (χ3v) is 1.70. The van der Waals surface area contributed by atoms with Gasteiger partial charge in [-0.3, -0.25) is 0 Å². The van der Waals surface area contributed by atoms with Crippen LogP contribution in [0.2, 0.25) is 0 Å². The summed E-state index contributed by atoms with van der Waals surface area (Å²) < 4.78 is 0. The van der Waals surface area contributed by atoms with E-state index in [-0.39, 0.29) is 0 Å². The van der Waals surface area contributed by atoms with Gasteiger partial charge >= 0.3 is 0 Å². The van der Waals surface area contributed by atoms with Gasteiger partial charge in [-0.25, -0.2) is 4.98 Å². The Hall–Kier alpha value is -1.57. The molecule has 82 valence electrons. The number of nitrogens with one attached hydrogen (secondary N) is 1. The van der Waals surface area contributed by atoms with Crippen LogP contribution in [-0.2, 0) is 0 Å². The lowest BCUT2D eigenvalue weighted by Gasteiger charge is -1.94. The zero-order valence-electron chi connectivity index (χ0n) is 10.0. The van der Waals surface area contributed by atoms with Crippen molar-refractivity contribution in [1.29, 1.82) is 0 Å². The molecular formula is C13H20N2. The number of aromatic nitrogens is 2. The van der Waals surface area contributed by atoms with E-state index in [4.69, 9.17) is 0 Å². The molecule has 0 fully saturated rings. The SMILES string of the molecule is C=C/C=C\C(=C/C)c1ncc(C)[nH]1.CC. The molecule has 0 aromatic carbocycles. The minimum Gasteiger partial charge on any atom is -0.342 e. The van der Waals surface area contributed by atoms with Crippen molar-refractivity contribution < 1.29 is 0 Å². The van der Waals surface area contributed by atoms with Gasteiger partial charge in [0.25, 0.3) is 0 Å². The van der Waals surface area contributed by atoms with E-state index >= 15 is 0 Å². The van der Waals surface area contributed by atoms with Gasteiger partial charge in [0, 0.05) is 17.5 Å². The van der Waals surface area contributed by atoms with Crippen molar-refractivity contribution in [3.63, 3.8) is 0 Å². The Morgan fingerprint density at radius 3 is 2.53 bits per heavy atom. The average molecular weight is 204 g/mol. The molecule has 0 unspecified atom stereocenters. The molecule has 0 aliphatic carbocycles. The molecule has 1 N–H and O–H groups in total. The van der Waals surface area contributed by atoms with Crippen molar-refractivity contribution in [3.05, 3.63) is 48.6 Å². The molecule has 2 heteroatoms. The highest BCUT2D eigenvalue weighted by molar-refractivity contribution is 5.69. The molecule has 15 heavy (non-hydrogen) atoms. The van der Waals surface area contributed by atoms with Gasteiger partial charge in [-0.1, -0.05) is 44.7 Å². The van der Waals surface area contributed by atoms with Gasteiger partial charge in [0.1, 0.15) is 5.82 Å². The second-order valence-electron chi connectivity index (χ2n) is 2.75. The minimum atomic E-state index is 0.901. The van der Waals surface area contributed by atoms with Crippen molar-refractivity contribution in [1.82, 2.24) is 9.97 Å². The number of hydrogen-bond donors (Lipinski definition) is 1. The molecule has 0 saturated carbocycles. The lowest BCUT2D eigenvalue weighted by Crippen LogP contribution is -1.83. The molecule has 0 bridgehead atoms. The van der Waals surface area contributed by atoms with Gasteiger partial charge in [-0.2, -0.15) is 0 Å². The van der Waals surface area contributed by atoms with Crippen LogP contribution in [0, 0.1) is 6.92 Å². The first kappa shape index (κ1) is 13.4. The summed E-state index contributed by atoms with van der Waals surface area (Å²) in [6, 6.07) is 0. The Morgan fingerprint density at radius 1 is 1.47 bits per heavy atom. The van der Waals surface area contributed by atoms with Crippen LogP contribution in [0.15, 0.2) is 37.1 Å². The van der Waals surface area contributed by atoms with E-state index in [1.54, 1.807) is 6.08 Å². The van der Waals surface area contributed by atoms with E-state index < -0.39 is 0 Å². The third-order valence-electron chi connectivity index (χ3n) is 1.70. The van der Waals surface area contributed by atoms with Crippen LogP contribution in [0.25, 0.3) is 5.57 Å². The molecule has 0 aliphatic heterocycles. The number of allylic oxidation sites excluding steroid dienone is 5. The summed E-state index contributed by atoms with van der Waals surface area (Å²) in [7, 11) is 0. The summed E-state index contributed by atoms with van der Waals surface area (Å²) >= 11 is 0. The van der Waals surface area contributed by atoms with Crippen LogP contribution in [0.1, 0.15) is 32.3 Å². The van der Waals surface area contributed by atoms with Gasteiger partial charge in [0.05, 0.1) is 0 Å². The molecule has 0 atom stereocenters. The number of rotatable bonds is 3. The molecule has 0 aliphatic rings. The molecule has 1 heterocycles. The molecule has 1 aromatic heterocycles. The molecule has 0 saturated heterocycles. The van der Waals surface area contributed by atoms with E-state index in [9.17, 15) is 0 Å². The maximum Gasteiger partial charge on any atom is 0.137 e. The Labute approximate surface area is 92.4 Å². The molecule has 2 nitrogen and oxygen atoms in total. The Morgan fingerprint density at radius 2 is 2.13 bits per heavy atom. The topological polar surface area (TPSA) is 28.7 Å². The lowest BCUT2D eigenvalue weighted by molar-refractivity contribution is 1.21.